The van der Waals surface area contributed by atoms with Crippen LogP contribution in [0.5, 0.6) is 0 Å². The summed E-state index contributed by atoms with van der Waals surface area (Å²) in [6.45, 7) is 9.71. The van der Waals surface area contributed by atoms with Gasteiger partial charge in [-0.2, -0.15) is 0 Å². The molecule has 1 aromatic heterocycles. The summed E-state index contributed by atoms with van der Waals surface area (Å²) in [6, 6.07) is 11.2. The van der Waals surface area contributed by atoms with Gasteiger partial charge in [-0.05, 0) is 37.0 Å². The SMILES string of the molecule is Cc1nccc(-c2ccccc2)c1C(=O)N1CCN(CC(C)C)C(=O)C1C. The summed E-state index contributed by atoms with van der Waals surface area (Å²) in [5, 5.41) is 0. The second kappa shape index (κ2) is 7.91. The van der Waals surface area contributed by atoms with E-state index in [2.05, 4.69) is 18.8 Å². The number of benzene rings is 1. The number of nitrogens with zero attached hydrogens (tertiary/aromatic N) is 3. The number of rotatable bonds is 4. The Labute approximate surface area is 161 Å². The maximum Gasteiger partial charge on any atom is 0.257 e. The van der Waals surface area contributed by atoms with Crippen molar-refractivity contribution in [2.24, 2.45) is 5.92 Å². The minimum atomic E-state index is -0.465. The van der Waals surface area contributed by atoms with Crippen molar-refractivity contribution in [3.05, 3.63) is 53.9 Å². The van der Waals surface area contributed by atoms with Gasteiger partial charge in [0.25, 0.3) is 5.91 Å². The van der Waals surface area contributed by atoms with Crippen molar-refractivity contribution < 1.29 is 9.59 Å². The molecular formula is C22H27N3O2. The standard InChI is InChI=1S/C22H27N3O2/c1-15(2)14-24-12-13-25(17(4)21(24)26)22(27)20-16(3)23-11-10-19(20)18-8-6-5-7-9-18/h5-11,15,17H,12-14H2,1-4H3. The molecule has 1 atom stereocenters. The first kappa shape index (κ1) is 19.1. The third kappa shape index (κ3) is 3.87. The molecule has 5 nitrogen and oxygen atoms in total. The molecule has 1 unspecified atom stereocenters. The highest BCUT2D eigenvalue weighted by Gasteiger charge is 2.36. The first-order chi connectivity index (χ1) is 12.9. The van der Waals surface area contributed by atoms with Crippen LogP contribution in [-0.2, 0) is 4.79 Å². The second-order valence-corrected chi connectivity index (χ2v) is 7.54. The summed E-state index contributed by atoms with van der Waals surface area (Å²) >= 11 is 0. The zero-order valence-corrected chi connectivity index (χ0v) is 16.5. The first-order valence-corrected chi connectivity index (χ1v) is 9.51. The number of hydrogen-bond donors (Lipinski definition) is 0. The molecule has 0 radical (unpaired) electrons. The van der Waals surface area contributed by atoms with Crippen LogP contribution in [0.2, 0.25) is 0 Å². The van der Waals surface area contributed by atoms with Gasteiger partial charge in [-0.25, -0.2) is 0 Å². The molecule has 1 fully saturated rings. The van der Waals surface area contributed by atoms with Crippen molar-refractivity contribution in [3.63, 3.8) is 0 Å². The molecule has 1 aliphatic heterocycles. The number of carbonyl (C=O) groups is 2. The summed E-state index contributed by atoms with van der Waals surface area (Å²) in [6.07, 6.45) is 1.73. The topological polar surface area (TPSA) is 53.5 Å². The smallest absolute Gasteiger partial charge is 0.257 e. The normalized spacial score (nSPS) is 17.5. The van der Waals surface area contributed by atoms with Crippen LogP contribution >= 0.6 is 0 Å². The molecule has 1 aliphatic rings. The van der Waals surface area contributed by atoms with Gasteiger partial charge in [-0.15, -0.1) is 0 Å². The lowest BCUT2D eigenvalue weighted by molar-refractivity contribution is -0.140. The third-order valence-electron chi connectivity index (χ3n) is 5.03. The quantitative estimate of drug-likeness (QED) is 0.835. The number of aryl methyl sites for hydroxylation is 1. The molecule has 2 aromatic rings. The number of amides is 2. The van der Waals surface area contributed by atoms with Gasteiger partial charge in [0.1, 0.15) is 6.04 Å². The molecule has 27 heavy (non-hydrogen) atoms. The molecule has 0 N–H and O–H groups in total. The number of piperazine rings is 1. The van der Waals surface area contributed by atoms with E-state index < -0.39 is 6.04 Å². The number of hydrogen-bond acceptors (Lipinski definition) is 3. The van der Waals surface area contributed by atoms with Gasteiger partial charge in [0, 0.05) is 25.8 Å². The highest BCUT2D eigenvalue weighted by atomic mass is 16.2. The largest absolute Gasteiger partial charge is 0.339 e. The molecule has 1 aromatic carbocycles. The fourth-order valence-electron chi connectivity index (χ4n) is 3.67. The van der Waals surface area contributed by atoms with Crippen molar-refractivity contribution in [3.8, 4) is 11.1 Å². The average molecular weight is 365 g/mol. The summed E-state index contributed by atoms with van der Waals surface area (Å²) in [5.74, 6) is 0.309. The molecule has 3 rings (SSSR count). The van der Waals surface area contributed by atoms with E-state index in [0.717, 1.165) is 17.7 Å². The fraction of sp³-hybridized carbons (Fsp3) is 0.409. The molecule has 0 saturated carbocycles. The van der Waals surface area contributed by atoms with Gasteiger partial charge >= 0.3 is 0 Å². The van der Waals surface area contributed by atoms with E-state index in [9.17, 15) is 9.59 Å². The van der Waals surface area contributed by atoms with Crippen molar-refractivity contribution in [2.45, 2.75) is 33.7 Å². The molecule has 0 spiro atoms. The molecule has 0 aliphatic carbocycles. The Morgan fingerprint density at radius 3 is 2.56 bits per heavy atom. The van der Waals surface area contributed by atoms with Crippen molar-refractivity contribution in [1.29, 1.82) is 0 Å². The predicted molar refractivity (Wildman–Crippen MR) is 106 cm³/mol. The average Bonchev–Trinajstić information content (AvgIpc) is 2.65. The Bertz CT molecular complexity index is 833. The highest BCUT2D eigenvalue weighted by molar-refractivity contribution is 6.04. The predicted octanol–water partition coefficient (Wildman–Crippen LogP) is 3.39. The zero-order valence-electron chi connectivity index (χ0n) is 16.5. The zero-order chi connectivity index (χ0) is 19.6. The molecule has 142 valence electrons. The number of pyridine rings is 1. The van der Waals surface area contributed by atoms with Crippen LogP contribution in [0.1, 0.15) is 36.8 Å². The highest BCUT2D eigenvalue weighted by Crippen LogP contribution is 2.27. The lowest BCUT2D eigenvalue weighted by Gasteiger charge is -2.40. The van der Waals surface area contributed by atoms with Gasteiger partial charge in [0.2, 0.25) is 5.91 Å². The van der Waals surface area contributed by atoms with Gasteiger partial charge < -0.3 is 9.80 Å². The van der Waals surface area contributed by atoms with Crippen LogP contribution in [0.25, 0.3) is 11.1 Å². The summed E-state index contributed by atoms with van der Waals surface area (Å²) in [4.78, 5) is 34.1. The Kier molecular flexibility index (Phi) is 5.59. The minimum absolute atomic E-state index is 0.0195. The van der Waals surface area contributed by atoms with Crippen molar-refractivity contribution in [2.75, 3.05) is 19.6 Å². The van der Waals surface area contributed by atoms with E-state index in [0.29, 0.717) is 30.3 Å². The van der Waals surface area contributed by atoms with Crippen LogP contribution in [-0.4, -0.2) is 52.3 Å². The van der Waals surface area contributed by atoms with E-state index in [1.54, 1.807) is 11.1 Å². The summed E-state index contributed by atoms with van der Waals surface area (Å²) < 4.78 is 0. The summed E-state index contributed by atoms with van der Waals surface area (Å²) in [5.41, 5.74) is 3.10. The van der Waals surface area contributed by atoms with Crippen molar-refractivity contribution in [1.82, 2.24) is 14.8 Å². The van der Waals surface area contributed by atoms with Crippen molar-refractivity contribution >= 4 is 11.8 Å². The van der Waals surface area contributed by atoms with E-state index in [1.807, 2.05) is 55.1 Å². The van der Waals surface area contributed by atoms with E-state index in [-0.39, 0.29) is 11.8 Å². The van der Waals surface area contributed by atoms with Crippen LogP contribution in [0.4, 0.5) is 0 Å². The molecule has 1 saturated heterocycles. The van der Waals surface area contributed by atoms with E-state index in [4.69, 9.17) is 0 Å². The van der Waals surface area contributed by atoms with Crippen LogP contribution in [0.3, 0.4) is 0 Å². The van der Waals surface area contributed by atoms with E-state index in [1.165, 1.54) is 0 Å². The number of carbonyl (C=O) groups excluding carboxylic acids is 2. The first-order valence-electron chi connectivity index (χ1n) is 9.51. The molecule has 2 heterocycles. The third-order valence-corrected chi connectivity index (χ3v) is 5.03. The second-order valence-electron chi connectivity index (χ2n) is 7.54. The molecular weight excluding hydrogens is 338 g/mol. The Hall–Kier alpha value is -2.69. The maximum atomic E-state index is 13.4. The van der Waals surface area contributed by atoms with Gasteiger partial charge in [-0.1, -0.05) is 44.2 Å². The minimum Gasteiger partial charge on any atom is -0.339 e. The lowest BCUT2D eigenvalue weighted by atomic mass is 9.97. The number of aromatic nitrogens is 1. The van der Waals surface area contributed by atoms with Gasteiger partial charge in [0.15, 0.2) is 0 Å². The van der Waals surface area contributed by atoms with Gasteiger partial charge in [-0.3, -0.25) is 14.6 Å². The molecule has 0 bridgehead atoms. The molecule has 5 heteroatoms. The maximum absolute atomic E-state index is 13.4. The van der Waals surface area contributed by atoms with Crippen LogP contribution in [0, 0.1) is 12.8 Å². The Morgan fingerprint density at radius 2 is 1.89 bits per heavy atom. The monoisotopic (exact) mass is 365 g/mol. The van der Waals surface area contributed by atoms with Gasteiger partial charge in [0.05, 0.1) is 11.3 Å². The van der Waals surface area contributed by atoms with Crippen LogP contribution < -0.4 is 0 Å². The Morgan fingerprint density at radius 1 is 1.19 bits per heavy atom. The van der Waals surface area contributed by atoms with E-state index >= 15 is 0 Å². The summed E-state index contributed by atoms with van der Waals surface area (Å²) in [7, 11) is 0. The Balaban J connectivity index is 1.92. The lowest BCUT2D eigenvalue weighted by Crippen LogP contribution is -2.58. The fourth-order valence-corrected chi connectivity index (χ4v) is 3.67. The van der Waals surface area contributed by atoms with Crippen LogP contribution in [0.15, 0.2) is 42.6 Å². The molecule has 2 amide bonds.